The van der Waals surface area contributed by atoms with E-state index >= 15 is 0 Å². The summed E-state index contributed by atoms with van der Waals surface area (Å²) in [7, 11) is 0. The molecule has 0 fully saturated rings. The number of rotatable bonds is 2. The Morgan fingerprint density at radius 1 is 1.58 bits per heavy atom. The third-order valence-corrected chi connectivity index (χ3v) is 2.20. The van der Waals surface area contributed by atoms with E-state index in [0.29, 0.717) is 5.02 Å². The number of aromatic nitrogens is 1. The molecular weight excluding hydrogens is 174 g/mol. The molecule has 1 heterocycles. The van der Waals surface area contributed by atoms with Gasteiger partial charge in [-0.05, 0) is 11.6 Å². The average molecular weight is 186 g/mol. The molecule has 3 heteroatoms. The molecule has 66 valence electrons. The summed E-state index contributed by atoms with van der Waals surface area (Å²) >= 11 is 5.91. The quantitative estimate of drug-likeness (QED) is 0.765. The fourth-order valence-electron chi connectivity index (χ4n) is 1.01. The average Bonchev–Trinajstić information content (AvgIpc) is 2.05. The van der Waals surface area contributed by atoms with Crippen LogP contribution in [0.1, 0.15) is 19.4 Å². The summed E-state index contributed by atoms with van der Waals surface area (Å²) in [6.45, 7) is 3.96. The monoisotopic (exact) mass is 185 g/mol. The Hall–Kier alpha value is -0.600. The van der Waals surface area contributed by atoms with E-state index in [9.17, 15) is 0 Å². The SMILES string of the molecule is CC(C)(CO)c1ccncc1Cl. The van der Waals surface area contributed by atoms with E-state index in [1.54, 1.807) is 12.4 Å². The lowest BCUT2D eigenvalue weighted by molar-refractivity contribution is 0.218. The summed E-state index contributed by atoms with van der Waals surface area (Å²) < 4.78 is 0. The van der Waals surface area contributed by atoms with Gasteiger partial charge in [-0.3, -0.25) is 4.98 Å². The summed E-state index contributed by atoms with van der Waals surface area (Å²) in [5.74, 6) is 0. The van der Waals surface area contributed by atoms with Crippen LogP contribution in [0, 0.1) is 0 Å². The van der Waals surface area contributed by atoms with E-state index < -0.39 is 0 Å². The highest BCUT2D eigenvalue weighted by Gasteiger charge is 2.21. The largest absolute Gasteiger partial charge is 0.395 e. The first kappa shape index (κ1) is 9.49. The third-order valence-electron chi connectivity index (χ3n) is 1.90. The van der Waals surface area contributed by atoms with Crippen LogP contribution in [0.15, 0.2) is 18.5 Å². The number of nitrogens with zero attached hydrogens (tertiary/aromatic N) is 1. The zero-order valence-electron chi connectivity index (χ0n) is 7.21. The van der Waals surface area contributed by atoms with Crippen LogP contribution in [0.4, 0.5) is 0 Å². The lowest BCUT2D eigenvalue weighted by Gasteiger charge is -2.22. The molecule has 0 aliphatic rings. The lowest BCUT2D eigenvalue weighted by Crippen LogP contribution is -2.22. The Bertz CT molecular complexity index is 273. The summed E-state index contributed by atoms with van der Waals surface area (Å²) in [6.07, 6.45) is 3.27. The highest BCUT2D eigenvalue weighted by Crippen LogP contribution is 2.28. The first-order chi connectivity index (χ1) is 5.58. The summed E-state index contributed by atoms with van der Waals surface area (Å²) in [5, 5.41) is 9.70. The van der Waals surface area contributed by atoms with Crippen molar-refractivity contribution in [2.75, 3.05) is 6.61 Å². The van der Waals surface area contributed by atoms with Crippen LogP contribution in [0.3, 0.4) is 0 Å². The van der Waals surface area contributed by atoms with E-state index in [-0.39, 0.29) is 12.0 Å². The Balaban J connectivity index is 3.10. The smallest absolute Gasteiger partial charge is 0.0627 e. The van der Waals surface area contributed by atoms with Gasteiger partial charge in [-0.15, -0.1) is 0 Å². The molecule has 0 aliphatic carbocycles. The van der Waals surface area contributed by atoms with Crippen molar-refractivity contribution in [1.82, 2.24) is 4.98 Å². The van der Waals surface area contributed by atoms with Gasteiger partial charge in [-0.1, -0.05) is 25.4 Å². The van der Waals surface area contributed by atoms with E-state index in [0.717, 1.165) is 5.56 Å². The van der Waals surface area contributed by atoms with Crippen LogP contribution in [0.2, 0.25) is 5.02 Å². The van der Waals surface area contributed by atoms with E-state index in [2.05, 4.69) is 4.98 Å². The van der Waals surface area contributed by atoms with Crippen LogP contribution < -0.4 is 0 Å². The zero-order chi connectivity index (χ0) is 9.19. The Labute approximate surface area is 77.2 Å². The summed E-state index contributed by atoms with van der Waals surface area (Å²) in [4.78, 5) is 3.88. The molecule has 1 aromatic rings. The number of aliphatic hydroxyl groups is 1. The first-order valence-electron chi connectivity index (χ1n) is 3.79. The van der Waals surface area contributed by atoms with Gasteiger partial charge in [0.2, 0.25) is 0 Å². The number of hydrogen-bond donors (Lipinski definition) is 1. The minimum absolute atomic E-state index is 0.0801. The van der Waals surface area contributed by atoms with Gasteiger partial charge in [0.1, 0.15) is 0 Å². The second kappa shape index (κ2) is 3.42. The van der Waals surface area contributed by atoms with Gasteiger partial charge in [-0.25, -0.2) is 0 Å². The van der Waals surface area contributed by atoms with Crippen LogP contribution >= 0.6 is 11.6 Å². The van der Waals surface area contributed by atoms with Crippen LogP contribution in [0.25, 0.3) is 0 Å². The molecule has 1 aromatic heterocycles. The molecule has 0 saturated carbocycles. The van der Waals surface area contributed by atoms with Crippen molar-refractivity contribution in [3.05, 3.63) is 29.0 Å². The van der Waals surface area contributed by atoms with Crippen molar-refractivity contribution in [3.8, 4) is 0 Å². The van der Waals surface area contributed by atoms with Crippen LogP contribution in [0.5, 0.6) is 0 Å². The van der Waals surface area contributed by atoms with Gasteiger partial charge in [0.15, 0.2) is 0 Å². The maximum absolute atomic E-state index is 9.09. The van der Waals surface area contributed by atoms with Gasteiger partial charge in [0, 0.05) is 17.8 Å². The predicted octanol–water partition coefficient (Wildman–Crippen LogP) is 2.00. The van der Waals surface area contributed by atoms with Crippen molar-refractivity contribution in [1.29, 1.82) is 0 Å². The summed E-state index contributed by atoms with van der Waals surface area (Å²) in [5.41, 5.74) is 0.640. The minimum Gasteiger partial charge on any atom is -0.395 e. The lowest BCUT2D eigenvalue weighted by atomic mass is 9.86. The van der Waals surface area contributed by atoms with E-state index in [1.165, 1.54) is 0 Å². The highest BCUT2D eigenvalue weighted by atomic mass is 35.5. The van der Waals surface area contributed by atoms with Gasteiger partial charge < -0.3 is 5.11 Å². The van der Waals surface area contributed by atoms with E-state index in [1.807, 2.05) is 19.9 Å². The molecule has 1 rings (SSSR count). The molecule has 0 saturated heterocycles. The molecule has 0 amide bonds. The summed E-state index contributed by atoms with van der Waals surface area (Å²) in [6, 6.07) is 1.83. The number of halogens is 1. The Morgan fingerprint density at radius 2 is 2.25 bits per heavy atom. The van der Waals surface area contributed by atoms with Crippen molar-refractivity contribution < 1.29 is 5.11 Å². The van der Waals surface area contributed by atoms with Gasteiger partial charge >= 0.3 is 0 Å². The van der Waals surface area contributed by atoms with Crippen molar-refractivity contribution >= 4 is 11.6 Å². The molecule has 0 atom stereocenters. The van der Waals surface area contributed by atoms with Gasteiger partial charge in [0.25, 0.3) is 0 Å². The van der Waals surface area contributed by atoms with Gasteiger partial charge in [-0.2, -0.15) is 0 Å². The molecule has 1 N–H and O–H groups in total. The van der Waals surface area contributed by atoms with Crippen molar-refractivity contribution in [3.63, 3.8) is 0 Å². The molecule has 0 radical (unpaired) electrons. The maximum atomic E-state index is 9.09. The fraction of sp³-hybridized carbons (Fsp3) is 0.444. The maximum Gasteiger partial charge on any atom is 0.0627 e. The van der Waals surface area contributed by atoms with E-state index in [4.69, 9.17) is 16.7 Å². The molecule has 0 aromatic carbocycles. The normalized spacial score (nSPS) is 11.7. The van der Waals surface area contributed by atoms with Crippen LogP contribution in [-0.4, -0.2) is 16.7 Å². The molecule has 0 spiro atoms. The second-order valence-electron chi connectivity index (χ2n) is 3.40. The van der Waals surface area contributed by atoms with Crippen molar-refractivity contribution in [2.24, 2.45) is 0 Å². The molecule has 2 nitrogen and oxygen atoms in total. The zero-order valence-corrected chi connectivity index (χ0v) is 7.97. The van der Waals surface area contributed by atoms with Crippen molar-refractivity contribution in [2.45, 2.75) is 19.3 Å². The molecular formula is C9H12ClNO. The van der Waals surface area contributed by atoms with Gasteiger partial charge in [0.05, 0.1) is 11.6 Å². The molecule has 0 bridgehead atoms. The molecule has 0 unspecified atom stereocenters. The number of hydrogen-bond acceptors (Lipinski definition) is 2. The first-order valence-corrected chi connectivity index (χ1v) is 4.16. The van der Waals surface area contributed by atoms with Crippen LogP contribution in [-0.2, 0) is 5.41 Å². The standard InChI is InChI=1S/C9H12ClNO/c1-9(2,6-12)7-3-4-11-5-8(7)10/h3-5,12H,6H2,1-2H3. The molecule has 0 aliphatic heterocycles. The second-order valence-corrected chi connectivity index (χ2v) is 3.80. The third kappa shape index (κ3) is 1.76. The highest BCUT2D eigenvalue weighted by molar-refractivity contribution is 6.31. The minimum atomic E-state index is -0.292. The number of aliphatic hydroxyl groups excluding tert-OH is 1. The topological polar surface area (TPSA) is 33.1 Å². The number of pyridine rings is 1. The molecule has 12 heavy (non-hydrogen) atoms. The Morgan fingerprint density at radius 3 is 2.75 bits per heavy atom. The Kier molecular flexibility index (Phi) is 2.70. The fourth-order valence-corrected chi connectivity index (χ4v) is 1.38. The predicted molar refractivity (Wildman–Crippen MR) is 49.4 cm³/mol.